The van der Waals surface area contributed by atoms with Crippen LogP contribution in [0.4, 0.5) is 0 Å². The minimum Gasteiger partial charge on any atom is -0.361 e. The van der Waals surface area contributed by atoms with Crippen molar-refractivity contribution in [1.29, 1.82) is 0 Å². The van der Waals surface area contributed by atoms with Crippen molar-refractivity contribution in [3.8, 4) is 0 Å². The Bertz CT molecular complexity index is 479. The summed E-state index contributed by atoms with van der Waals surface area (Å²) in [6.45, 7) is 6.17. The molecule has 2 aromatic rings. The summed E-state index contributed by atoms with van der Waals surface area (Å²) >= 11 is 0. The number of aromatic nitrogens is 1. The third-order valence-corrected chi connectivity index (χ3v) is 3.35. The van der Waals surface area contributed by atoms with Crippen LogP contribution in [-0.4, -0.2) is 4.98 Å². The normalized spacial score (nSPS) is 14.2. The summed E-state index contributed by atoms with van der Waals surface area (Å²) in [5.41, 5.74) is 5.81. The molecule has 0 fully saturated rings. The van der Waals surface area contributed by atoms with Gasteiger partial charge in [-0.15, -0.1) is 0 Å². The van der Waals surface area contributed by atoms with Crippen LogP contribution in [0.25, 0.3) is 10.9 Å². The van der Waals surface area contributed by atoms with Crippen molar-refractivity contribution >= 4 is 10.9 Å². The molecule has 1 nitrogen and oxygen atoms in total. The van der Waals surface area contributed by atoms with Crippen LogP contribution < -0.4 is 0 Å². The van der Waals surface area contributed by atoms with Crippen molar-refractivity contribution in [2.45, 2.75) is 46.5 Å². The van der Waals surface area contributed by atoms with E-state index < -0.39 is 0 Å². The molecule has 1 aromatic heterocycles. The average molecular weight is 215 g/mol. The summed E-state index contributed by atoms with van der Waals surface area (Å²) < 4.78 is 0. The second kappa shape index (κ2) is 4.73. The lowest BCUT2D eigenvalue weighted by Crippen LogP contribution is -2.01. The minimum atomic E-state index is 1.27. The maximum absolute atomic E-state index is 3.34. The number of nitrogens with one attached hydrogen (secondary N) is 1. The van der Waals surface area contributed by atoms with E-state index >= 15 is 0 Å². The van der Waals surface area contributed by atoms with Crippen molar-refractivity contribution in [2.75, 3.05) is 0 Å². The molecule has 1 heteroatoms. The Morgan fingerprint density at radius 3 is 2.31 bits per heavy atom. The topological polar surface area (TPSA) is 15.8 Å². The van der Waals surface area contributed by atoms with Gasteiger partial charge in [-0.25, -0.2) is 0 Å². The second-order valence-electron chi connectivity index (χ2n) is 4.35. The van der Waals surface area contributed by atoms with E-state index in [9.17, 15) is 0 Å². The van der Waals surface area contributed by atoms with E-state index in [-0.39, 0.29) is 0 Å². The molecule has 0 saturated heterocycles. The van der Waals surface area contributed by atoms with Gasteiger partial charge in [0.2, 0.25) is 0 Å². The summed E-state index contributed by atoms with van der Waals surface area (Å²) in [4.78, 5) is 3.34. The predicted molar refractivity (Wildman–Crippen MR) is 71.0 cm³/mol. The summed E-state index contributed by atoms with van der Waals surface area (Å²) in [6, 6.07) is 4.73. The van der Waals surface area contributed by atoms with E-state index in [1.807, 2.05) is 13.8 Å². The van der Waals surface area contributed by atoms with Crippen molar-refractivity contribution in [1.82, 2.24) is 4.98 Å². The number of aromatic amines is 1. The molecule has 0 spiro atoms. The number of rotatable bonds is 0. The zero-order chi connectivity index (χ0) is 11.5. The Labute approximate surface area is 97.9 Å². The van der Waals surface area contributed by atoms with Gasteiger partial charge < -0.3 is 4.98 Å². The van der Waals surface area contributed by atoms with E-state index in [1.165, 1.54) is 42.1 Å². The molecule has 1 aliphatic carbocycles. The highest BCUT2D eigenvalue weighted by atomic mass is 14.7. The molecule has 1 heterocycles. The van der Waals surface area contributed by atoms with E-state index in [0.717, 1.165) is 0 Å². The molecule has 86 valence electrons. The highest BCUT2D eigenvalue weighted by molar-refractivity contribution is 5.84. The fraction of sp³-hybridized carbons (Fsp3) is 0.467. The quantitative estimate of drug-likeness (QED) is 0.671. The number of hydrogen-bond acceptors (Lipinski definition) is 0. The first-order valence-corrected chi connectivity index (χ1v) is 6.44. The lowest BCUT2D eigenvalue weighted by Gasteiger charge is -2.15. The molecule has 1 aliphatic rings. The van der Waals surface area contributed by atoms with Crippen LogP contribution in [0.3, 0.4) is 0 Å². The number of benzene rings is 1. The smallest absolute Gasteiger partial charge is 0.0459 e. The van der Waals surface area contributed by atoms with Crippen molar-refractivity contribution in [3.63, 3.8) is 0 Å². The van der Waals surface area contributed by atoms with Gasteiger partial charge in [-0.3, -0.25) is 0 Å². The second-order valence-corrected chi connectivity index (χ2v) is 4.35. The molecule has 1 aromatic carbocycles. The Balaban J connectivity index is 0.000000457. The van der Waals surface area contributed by atoms with E-state index in [0.29, 0.717) is 0 Å². The van der Waals surface area contributed by atoms with Crippen LogP contribution in [0, 0.1) is 6.92 Å². The van der Waals surface area contributed by atoms with Crippen molar-refractivity contribution in [2.24, 2.45) is 0 Å². The molecule has 0 saturated carbocycles. The highest BCUT2D eigenvalue weighted by Gasteiger charge is 2.11. The number of hydrogen-bond donors (Lipinski definition) is 1. The van der Waals surface area contributed by atoms with Crippen LogP contribution >= 0.6 is 0 Å². The molecule has 0 amide bonds. The molecule has 0 bridgehead atoms. The zero-order valence-electron chi connectivity index (χ0n) is 10.6. The first-order chi connectivity index (χ1) is 7.84. The fourth-order valence-corrected chi connectivity index (χ4v) is 2.50. The third kappa shape index (κ3) is 1.87. The van der Waals surface area contributed by atoms with Gasteiger partial charge in [0.1, 0.15) is 0 Å². The van der Waals surface area contributed by atoms with E-state index in [1.54, 1.807) is 11.1 Å². The van der Waals surface area contributed by atoms with Crippen LogP contribution in [0.5, 0.6) is 0 Å². The van der Waals surface area contributed by atoms with Gasteiger partial charge in [0.15, 0.2) is 0 Å². The predicted octanol–water partition coefficient (Wildman–Crippen LogP) is 4.38. The van der Waals surface area contributed by atoms with E-state index in [4.69, 9.17) is 0 Å². The molecule has 0 atom stereocenters. The summed E-state index contributed by atoms with van der Waals surface area (Å²) in [7, 11) is 0. The summed E-state index contributed by atoms with van der Waals surface area (Å²) in [6.07, 6.45) is 7.37. The van der Waals surface area contributed by atoms with Gasteiger partial charge in [-0.05, 0) is 61.4 Å². The maximum Gasteiger partial charge on any atom is 0.0459 e. The average Bonchev–Trinajstić information content (AvgIpc) is 2.71. The molecule has 3 rings (SSSR count). The lowest BCUT2D eigenvalue weighted by molar-refractivity contribution is 0.687. The fourth-order valence-electron chi connectivity index (χ4n) is 2.50. The van der Waals surface area contributed by atoms with Crippen LogP contribution in [-0.2, 0) is 12.8 Å². The van der Waals surface area contributed by atoms with Gasteiger partial charge >= 0.3 is 0 Å². The standard InChI is InChI=1S/C13H15N.C2H6/c1-9-8-14-13-7-11-5-3-2-4-10(11)6-12(9)13;1-2/h6-8,14H,2-5H2,1H3;1-2H3. The van der Waals surface area contributed by atoms with Crippen LogP contribution in [0.15, 0.2) is 18.3 Å². The van der Waals surface area contributed by atoms with Gasteiger partial charge in [-0.2, -0.15) is 0 Å². The number of H-pyrrole nitrogens is 1. The van der Waals surface area contributed by atoms with Crippen molar-refractivity contribution < 1.29 is 0 Å². The highest BCUT2D eigenvalue weighted by Crippen LogP contribution is 2.27. The SMILES string of the molecule is CC.Cc1c[nH]c2cc3c(cc12)CCCC3. The minimum absolute atomic E-state index is 1.27. The Morgan fingerprint density at radius 1 is 1.00 bits per heavy atom. The zero-order valence-corrected chi connectivity index (χ0v) is 10.6. The van der Waals surface area contributed by atoms with Crippen LogP contribution in [0.1, 0.15) is 43.4 Å². The molecule has 1 N–H and O–H groups in total. The molecule has 16 heavy (non-hydrogen) atoms. The van der Waals surface area contributed by atoms with E-state index in [2.05, 4.69) is 30.2 Å². The number of aryl methyl sites for hydroxylation is 3. The summed E-state index contributed by atoms with van der Waals surface area (Å²) in [5, 5.41) is 1.41. The number of fused-ring (bicyclic) bond motifs is 2. The van der Waals surface area contributed by atoms with Crippen LogP contribution in [0.2, 0.25) is 0 Å². The molecule has 0 aliphatic heterocycles. The molecule has 0 unspecified atom stereocenters. The van der Waals surface area contributed by atoms with Gasteiger partial charge in [0.25, 0.3) is 0 Å². The largest absolute Gasteiger partial charge is 0.361 e. The molecular formula is C15H21N. The summed E-state index contributed by atoms with van der Waals surface area (Å²) in [5.74, 6) is 0. The van der Waals surface area contributed by atoms with Crippen molar-refractivity contribution in [3.05, 3.63) is 35.0 Å². The first-order valence-electron chi connectivity index (χ1n) is 6.44. The Kier molecular flexibility index (Phi) is 3.33. The maximum atomic E-state index is 3.34. The Hall–Kier alpha value is -1.24. The monoisotopic (exact) mass is 215 g/mol. The third-order valence-electron chi connectivity index (χ3n) is 3.35. The van der Waals surface area contributed by atoms with Gasteiger partial charge in [0, 0.05) is 17.1 Å². The molecular weight excluding hydrogens is 194 g/mol. The molecule has 0 radical (unpaired) electrons. The first kappa shape index (κ1) is 11.3. The van der Waals surface area contributed by atoms with Gasteiger partial charge in [-0.1, -0.05) is 13.8 Å². The Morgan fingerprint density at radius 2 is 1.62 bits per heavy atom. The lowest BCUT2D eigenvalue weighted by atomic mass is 9.90. The van der Waals surface area contributed by atoms with Gasteiger partial charge in [0.05, 0.1) is 0 Å².